The Hall–Kier alpha value is -2.53. The number of ether oxygens (including phenoxy) is 1. The van der Waals surface area contributed by atoms with Crippen molar-refractivity contribution in [1.82, 2.24) is 14.8 Å². The van der Waals surface area contributed by atoms with E-state index in [-0.39, 0.29) is 13.2 Å². The third-order valence-electron chi connectivity index (χ3n) is 4.93. The Balaban J connectivity index is 1.56. The van der Waals surface area contributed by atoms with Crippen LogP contribution >= 0.6 is 0 Å². The minimum Gasteiger partial charge on any atom is -0.376 e. The first-order chi connectivity index (χ1) is 14.5. The van der Waals surface area contributed by atoms with Crippen LogP contribution in [0, 0.1) is 5.92 Å². The Labute approximate surface area is 176 Å². The molecular weight excluding hydrogens is 408 g/mol. The van der Waals surface area contributed by atoms with E-state index in [9.17, 15) is 13.2 Å². The van der Waals surface area contributed by atoms with Crippen LogP contribution in [0.3, 0.4) is 0 Å². The standard InChI is InChI=1S/C20H26N4O5S/c25-20(22-26)18(15-29-14-17-6-2-1-3-7-17)16-30(27,28)24-12-10-23(11-13-24)19-8-4-5-9-21-19/h1-9,18,26H,10-16H2,(H,22,25). The summed E-state index contributed by atoms with van der Waals surface area (Å²) in [4.78, 5) is 18.3. The first-order valence-corrected chi connectivity index (χ1v) is 11.3. The van der Waals surface area contributed by atoms with Gasteiger partial charge in [0.2, 0.25) is 15.9 Å². The van der Waals surface area contributed by atoms with Gasteiger partial charge in [0.25, 0.3) is 0 Å². The summed E-state index contributed by atoms with van der Waals surface area (Å²) in [5.74, 6) is -1.42. The summed E-state index contributed by atoms with van der Waals surface area (Å²) < 4.78 is 32.7. The second kappa shape index (κ2) is 10.5. The minimum atomic E-state index is -3.70. The smallest absolute Gasteiger partial charge is 0.249 e. The van der Waals surface area contributed by atoms with Crippen molar-refractivity contribution in [3.8, 4) is 0 Å². The first-order valence-electron chi connectivity index (χ1n) is 9.69. The van der Waals surface area contributed by atoms with Gasteiger partial charge in [0, 0.05) is 32.4 Å². The molecule has 2 heterocycles. The van der Waals surface area contributed by atoms with Crippen molar-refractivity contribution >= 4 is 21.7 Å². The number of pyridine rings is 1. The molecule has 1 aromatic heterocycles. The number of nitrogens with one attached hydrogen (secondary N) is 1. The number of benzene rings is 1. The predicted molar refractivity (Wildman–Crippen MR) is 111 cm³/mol. The molecule has 0 saturated carbocycles. The molecular formula is C20H26N4O5S. The Kier molecular flexibility index (Phi) is 7.75. The van der Waals surface area contributed by atoms with E-state index < -0.39 is 27.6 Å². The van der Waals surface area contributed by atoms with Gasteiger partial charge in [-0.3, -0.25) is 10.0 Å². The number of amides is 1. The zero-order valence-electron chi connectivity index (χ0n) is 16.6. The fraction of sp³-hybridized carbons (Fsp3) is 0.400. The summed E-state index contributed by atoms with van der Waals surface area (Å²) in [6.07, 6.45) is 1.70. The lowest BCUT2D eigenvalue weighted by atomic mass is 10.2. The number of aromatic nitrogens is 1. The first kappa shape index (κ1) is 22.2. The number of rotatable bonds is 9. The van der Waals surface area contributed by atoms with E-state index in [1.807, 2.05) is 53.4 Å². The largest absolute Gasteiger partial charge is 0.376 e. The molecule has 1 amide bonds. The van der Waals surface area contributed by atoms with Crippen molar-refractivity contribution in [3.63, 3.8) is 0 Å². The molecule has 1 aliphatic heterocycles. The maximum atomic E-state index is 12.9. The van der Waals surface area contributed by atoms with Gasteiger partial charge in [-0.1, -0.05) is 36.4 Å². The Morgan fingerprint density at radius 3 is 2.43 bits per heavy atom. The number of hydrogen-bond acceptors (Lipinski definition) is 7. The highest BCUT2D eigenvalue weighted by molar-refractivity contribution is 7.89. The molecule has 162 valence electrons. The number of nitrogens with zero attached hydrogens (tertiary/aromatic N) is 3. The van der Waals surface area contributed by atoms with Crippen LogP contribution in [0.15, 0.2) is 54.7 Å². The number of hydroxylamine groups is 1. The van der Waals surface area contributed by atoms with Crippen molar-refractivity contribution in [1.29, 1.82) is 0 Å². The lowest BCUT2D eigenvalue weighted by Gasteiger charge is -2.35. The Morgan fingerprint density at radius 1 is 1.10 bits per heavy atom. The molecule has 0 radical (unpaired) electrons. The molecule has 1 aliphatic rings. The lowest BCUT2D eigenvalue weighted by molar-refractivity contribution is -0.134. The van der Waals surface area contributed by atoms with E-state index in [1.165, 1.54) is 4.31 Å². The van der Waals surface area contributed by atoms with Crippen molar-refractivity contribution in [2.24, 2.45) is 5.92 Å². The molecule has 1 aromatic carbocycles. The highest BCUT2D eigenvalue weighted by Gasteiger charge is 2.32. The Bertz CT molecular complexity index is 903. The minimum absolute atomic E-state index is 0.117. The third kappa shape index (κ3) is 5.99. The van der Waals surface area contributed by atoms with E-state index in [4.69, 9.17) is 9.94 Å². The van der Waals surface area contributed by atoms with Gasteiger partial charge in [-0.05, 0) is 17.7 Å². The van der Waals surface area contributed by atoms with Gasteiger partial charge in [0.05, 0.1) is 24.9 Å². The molecule has 1 atom stereocenters. The summed E-state index contributed by atoms with van der Waals surface area (Å²) in [7, 11) is -3.70. The summed E-state index contributed by atoms with van der Waals surface area (Å²) in [5, 5.41) is 9.01. The van der Waals surface area contributed by atoms with Crippen molar-refractivity contribution in [3.05, 3.63) is 60.3 Å². The fourth-order valence-corrected chi connectivity index (χ4v) is 4.97. The molecule has 9 nitrogen and oxygen atoms in total. The highest BCUT2D eigenvalue weighted by Crippen LogP contribution is 2.17. The zero-order valence-corrected chi connectivity index (χ0v) is 17.4. The van der Waals surface area contributed by atoms with Crippen LogP contribution in [0.25, 0.3) is 0 Å². The van der Waals surface area contributed by atoms with Crippen LogP contribution in [0.5, 0.6) is 0 Å². The van der Waals surface area contributed by atoms with Gasteiger partial charge in [0.15, 0.2) is 0 Å². The maximum Gasteiger partial charge on any atom is 0.249 e. The summed E-state index contributed by atoms with van der Waals surface area (Å²) in [6.45, 7) is 1.76. The fourth-order valence-electron chi connectivity index (χ4n) is 3.28. The molecule has 1 saturated heterocycles. The molecule has 2 N–H and O–H groups in total. The van der Waals surface area contributed by atoms with E-state index in [0.717, 1.165) is 11.4 Å². The summed E-state index contributed by atoms with van der Waals surface area (Å²) in [5.41, 5.74) is 2.46. The quantitative estimate of drug-likeness (QED) is 0.445. The van der Waals surface area contributed by atoms with Crippen LogP contribution in [0.1, 0.15) is 5.56 Å². The number of anilines is 1. The molecule has 1 fully saturated rings. The molecule has 0 aliphatic carbocycles. The molecule has 1 unspecified atom stereocenters. The van der Waals surface area contributed by atoms with E-state index in [0.29, 0.717) is 26.2 Å². The molecule has 0 spiro atoms. The van der Waals surface area contributed by atoms with Crippen LogP contribution in [-0.2, 0) is 26.2 Å². The SMILES string of the molecule is O=C(NO)C(COCc1ccccc1)CS(=O)(=O)N1CCN(c2ccccn2)CC1. The second-order valence-corrected chi connectivity index (χ2v) is 9.04. The predicted octanol–water partition coefficient (Wildman–Crippen LogP) is 0.872. The van der Waals surface area contributed by atoms with Crippen LogP contribution < -0.4 is 10.4 Å². The number of carbonyl (C=O) groups excluding carboxylic acids is 1. The monoisotopic (exact) mass is 434 g/mol. The van der Waals surface area contributed by atoms with Crippen molar-refractivity contribution in [2.45, 2.75) is 6.61 Å². The van der Waals surface area contributed by atoms with Gasteiger partial charge in [-0.2, -0.15) is 4.31 Å². The van der Waals surface area contributed by atoms with E-state index in [1.54, 1.807) is 11.7 Å². The topological polar surface area (TPSA) is 112 Å². The average Bonchev–Trinajstić information content (AvgIpc) is 2.79. The number of sulfonamides is 1. The van der Waals surface area contributed by atoms with Crippen molar-refractivity contribution < 1.29 is 23.2 Å². The number of piperazine rings is 1. The molecule has 30 heavy (non-hydrogen) atoms. The normalized spacial score (nSPS) is 16.2. The lowest BCUT2D eigenvalue weighted by Crippen LogP contribution is -2.51. The second-order valence-electron chi connectivity index (χ2n) is 7.03. The maximum absolute atomic E-state index is 12.9. The zero-order chi connectivity index (χ0) is 21.4. The van der Waals surface area contributed by atoms with Gasteiger partial charge >= 0.3 is 0 Å². The van der Waals surface area contributed by atoms with Crippen LogP contribution in [0.4, 0.5) is 5.82 Å². The van der Waals surface area contributed by atoms with E-state index in [2.05, 4.69) is 4.98 Å². The van der Waals surface area contributed by atoms with Crippen LogP contribution in [-0.4, -0.2) is 67.4 Å². The third-order valence-corrected chi connectivity index (χ3v) is 6.90. The molecule has 2 aromatic rings. The Morgan fingerprint density at radius 2 is 1.80 bits per heavy atom. The van der Waals surface area contributed by atoms with Crippen molar-refractivity contribution in [2.75, 3.05) is 43.4 Å². The molecule has 3 rings (SSSR count). The van der Waals surface area contributed by atoms with Gasteiger partial charge in [-0.25, -0.2) is 18.9 Å². The summed E-state index contributed by atoms with van der Waals surface area (Å²) in [6, 6.07) is 15.0. The average molecular weight is 435 g/mol. The molecule has 0 bridgehead atoms. The number of hydrogen-bond donors (Lipinski definition) is 2. The molecule has 10 heteroatoms. The number of carbonyl (C=O) groups is 1. The van der Waals surface area contributed by atoms with Gasteiger partial charge in [-0.15, -0.1) is 0 Å². The summed E-state index contributed by atoms with van der Waals surface area (Å²) >= 11 is 0. The van der Waals surface area contributed by atoms with E-state index >= 15 is 0 Å². The van der Waals surface area contributed by atoms with Crippen LogP contribution in [0.2, 0.25) is 0 Å². The highest BCUT2D eigenvalue weighted by atomic mass is 32.2. The van der Waals surface area contributed by atoms with Gasteiger partial charge < -0.3 is 9.64 Å². The van der Waals surface area contributed by atoms with Gasteiger partial charge in [0.1, 0.15) is 5.82 Å².